The molecule has 7 heteroatoms. The van der Waals surface area contributed by atoms with Crippen LogP contribution < -0.4 is 0 Å². The van der Waals surface area contributed by atoms with Gasteiger partial charge in [0.1, 0.15) is 0 Å². The Bertz CT molecular complexity index is 754. The van der Waals surface area contributed by atoms with Gasteiger partial charge in [0.15, 0.2) is 8.68 Å². The normalized spacial score (nSPS) is 15.6. The molecule has 1 aliphatic carbocycles. The van der Waals surface area contributed by atoms with E-state index in [2.05, 4.69) is 4.98 Å². The number of hydrogen-bond donors (Lipinski definition) is 0. The molecule has 0 radical (unpaired) electrons. The molecule has 2 aromatic rings. The quantitative estimate of drug-likeness (QED) is 0.836. The summed E-state index contributed by atoms with van der Waals surface area (Å²) < 4.78 is 27.5. The van der Waals surface area contributed by atoms with E-state index in [1.165, 1.54) is 6.20 Å². The van der Waals surface area contributed by atoms with E-state index in [4.69, 9.17) is 11.6 Å². The number of aryl methyl sites for hydroxylation is 1. The van der Waals surface area contributed by atoms with E-state index in [9.17, 15) is 8.42 Å². The van der Waals surface area contributed by atoms with Crippen molar-refractivity contribution in [1.82, 2.24) is 9.29 Å². The molecule has 0 aliphatic heterocycles. The van der Waals surface area contributed by atoms with Crippen LogP contribution >= 0.6 is 22.9 Å². The fourth-order valence-electron chi connectivity index (χ4n) is 2.24. The summed E-state index contributed by atoms with van der Waals surface area (Å²) in [5.41, 5.74) is 2.13. The largest absolute Gasteiger partial charge is 0.254 e. The molecule has 0 bridgehead atoms. The highest BCUT2D eigenvalue weighted by atomic mass is 35.5. The maximum atomic E-state index is 12.8. The number of sulfonamides is 1. The van der Waals surface area contributed by atoms with Crippen LogP contribution in [-0.2, 0) is 16.6 Å². The van der Waals surface area contributed by atoms with E-state index >= 15 is 0 Å². The zero-order valence-corrected chi connectivity index (χ0v) is 13.9. The summed E-state index contributed by atoms with van der Waals surface area (Å²) in [5.74, 6) is 0. The molecule has 0 unspecified atom stereocenters. The van der Waals surface area contributed by atoms with E-state index in [1.807, 2.05) is 31.2 Å². The summed E-state index contributed by atoms with van der Waals surface area (Å²) >= 11 is 6.78. The lowest BCUT2D eigenvalue weighted by atomic mass is 10.1. The lowest BCUT2D eigenvalue weighted by molar-refractivity contribution is 0.399. The first kappa shape index (κ1) is 15.0. The summed E-state index contributed by atoms with van der Waals surface area (Å²) in [4.78, 5) is 3.84. The minimum Gasteiger partial charge on any atom is -0.232 e. The molecule has 1 fully saturated rings. The maximum Gasteiger partial charge on any atom is 0.254 e. The molecule has 21 heavy (non-hydrogen) atoms. The van der Waals surface area contributed by atoms with E-state index in [0.29, 0.717) is 6.54 Å². The fraction of sp³-hybridized carbons (Fsp3) is 0.357. The average Bonchev–Trinajstić information content (AvgIpc) is 3.16. The van der Waals surface area contributed by atoms with E-state index < -0.39 is 10.0 Å². The summed E-state index contributed by atoms with van der Waals surface area (Å²) in [6, 6.07) is 8.02. The lowest BCUT2D eigenvalue weighted by Crippen LogP contribution is -2.32. The van der Waals surface area contributed by atoms with Gasteiger partial charge in [0, 0.05) is 12.6 Å². The van der Waals surface area contributed by atoms with Crippen molar-refractivity contribution >= 4 is 33.0 Å². The molecule has 1 saturated carbocycles. The van der Waals surface area contributed by atoms with Gasteiger partial charge in [-0.3, -0.25) is 0 Å². The van der Waals surface area contributed by atoms with Gasteiger partial charge in [-0.05, 0) is 25.3 Å². The molecule has 0 spiro atoms. The average molecular weight is 343 g/mol. The van der Waals surface area contributed by atoms with Gasteiger partial charge in [-0.1, -0.05) is 52.8 Å². The lowest BCUT2D eigenvalue weighted by Gasteiger charge is -2.21. The number of thiazole rings is 1. The first-order chi connectivity index (χ1) is 9.96. The van der Waals surface area contributed by atoms with Crippen LogP contribution in [0.4, 0.5) is 0 Å². The monoisotopic (exact) mass is 342 g/mol. The first-order valence-corrected chi connectivity index (χ1v) is 9.29. The van der Waals surface area contributed by atoms with Crippen molar-refractivity contribution in [2.75, 3.05) is 0 Å². The van der Waals surface area contributed by atoms with Crippen molar-refractivity contribution in [2.24, 2.45) is 0 Å². The van der Waals surface area contributed by atoms with E-state index in [0.717, 1.165) is 35.3 Å². The van der Waals surface area contributed by atoms with Gasteiger partial charge >= 0.3 is 0 Å². The smallest absolute Gasteiger partial charge is 0.232 e. The third kappa shape index (κ3) is 3.29. The predicted octanol–water partition coefficient (Wildman–Crippen LogP) is 3.46. The Hall–Kier alpha value is -0.950. The van der Waals surface area contributed by atoms with Gasteiger partial charge in [-0.25, -0.2) is 13.4 Å². The molecule has 0 atom stereocenters. The summed E-state index contributed by atoms with van der Waals surface area (Å²) in [6.07, 6.45) is 3.17. The predicted molar refractivity (Wildman–Crippen MR) is 84.1 cm³/mol. The Morgan fingerprint density at radius 2 is 2.19 bits per heavy atom. The number of halogens is 1. The second kappa shape index (κ2) is 5.68. The van der Waals surface area contributed by atoms with Gasteiger partial charge in [0.2, 0.25) is 0 Å². The van der Waals surface area contributed by atoms with Crippen LogP contribution in [0.15, 0.2) is 34.7 Å². The number of nitrogens with zero attached hydrogens (tertiary/aromatic N) is 2. The first-order valence-electron chi connectivity index (χ1n) is 6.65. The molecule has 1 aliphatic rings. The van der Waals surface area contributed by atoms with Crippen LogP contribution in [0, 0.1) is 6.92 Å². The van der Waals surface area contributed by atoms with Crippen LogP contribution in [0.3, 0.4) is 0 Å². The Morgan fingerprint density at radius 1 is 1.43 bits per heavy atom. The van der Waals surface area contributed by atoms with Gasteiger partial charge < -0.3 is 0 Å². The SMILES string of the molecule is Cc1cccc(CN(C2CC2)S(=O)(=O)c2cnc(Cl)s2)c1. The van der Waals surface area contributed by atoms with Gasteiger partial charge in [0.05, 0.1) is 6.20 Å². The zero-order chi connectivity index (χ0) is 15.0. The Morgan fingerprint density at radius 3 is 2.76 bits per heavy atom. The van der Waals surface area contributed by atoms with Crippen LogP contribution in [-0.4, -0.2) is 23.7 Å². The number of aromatic nitrogens is 1. The van der Waals surface area contributed by atoms with Crippen molar-refractivity contribution in [1.29, 1.82) is 0 Å². The van der Waals surface area contributed by atoms with Crippen molar-refractivity contribution < 1.29 is 8.42 Å². The second-order valence-corrected chi connectivity index (χ2v) is 8.93. The van der Waals surface area contributed by atoms with Crippen molar-refractivity contribution in [3.8, 4) is 0 Å². The van der Waals surface area contributed by atoms with Crippen molar-refractivity contribution in [3.05, 3.63) is 46.1 Å². The summed E-state index contributed by atoms with van der Waals surface area (Å²) in [5, 5.41) is 0. The fourth-order valence-corrected chi connectivity index (χ4v) is 5.33. The molecule has 4 nitrogen and oxygen atoms in total. The van der Waals surface area contributed by atoms with Crippen LogP contribution in [0.2, 0.25) is 4.47 Å². The highest BCUT2D eigenvalue weighted by molar-refractivity contribution is 7.91. The molecule has 0 amide bonds. The number of hydrogen-bond acceptors (Lipinski definition) is 4. The molecule has 0 saturated heterocycles. The van der Waals surface area contributed by atoms with Gasteiger partial charge in [0.25, 0.3) is 10.0 Å². The molecule has 0 N–H and O–H groups in total. The molecular weight excluding hydrogens is 328 g/mol. The van der Waals surface area contributed by atoms with Crippen LogP contribution in [0.25, 0.3) is 0 Å². The van der Waals surface area contributed by atoms with Crippen molar-refractivity contribution in [2.45, 2.75) is 36.6 Å². The Labute approximate surface area is 133 Å². The molecule has 1 aromatic carbocycles. The third-order valence-electron chi connectivity index (χ3n) is 3.39. The zero-order valence-electron chi connectivity index (χ0n) is 11.5. The van der Waals surface area contributed by atoms with E-state index in [1.54, 1.807) is 4.31 Å². The molecule has 3 rings (SSSR count). The summed E-state index contributed by atoms with van der Waals surface area (Å²) in [7, 11) is -3.52. The van der Waals surface area contributed by atoms with Gasteiger partial charge in [-0.15, -0.1) is 0 Å². The summed E-state index contributed by atoms with van der Waals surface area (Å²) in [6.45, 7) is 2.40. The Kier molecular flexibility index (Phi) is 4.05. The maximum absolute atomic E-state index is 12.8. The van der Waals surface area contributed by atoms with Gasteiger partial charge in [-0.2, -0.15) is 4.31 Å². The topological polar surface area (TPSA) is 50.3 Å². The Balaban J connectivity index is 1.91. The minimum absolute atomic E-state index is 0.0939. The third-order valence-corrected chi connectivity index (χ3v) is 6.84. The second-order valence-electron chi connectivity index (χ2n) is 5.20. The minimum atomic E-state index is -3.52. The standard InChI is InChI=1S/C14H15ClN2O2S2/c1-10-3-2-4-11(7-10)9-17(12-5-6-12)21(18,19)13-8-16-14(15)20-13/h2-4,7-8,12H,5-6,9H2,1H3. The molecule has 1 aromatic heterocycles. The number of rotatable bonds is 5. The molecule has 112 valence electrons. The molecular formula is C14H15ClN2O2S2. The van der Waals surface area contributed by atoms with E-state index in [-0.39, 0.29) is 14.7 Å². The number of benzene rings is 1. The van der Waals surface area contributed by atoms with Crippen molar-refractivity contribution in [3.63, 3.8) is 0 Å². The van der Waals surface area contributed by atoms with Crippen LogP contribution in [0.1, 0.15) is 24.0 Å². The van der Waals surface area contributed by atoms with Crippen LogP contribution in [0.5, 0.6) is 0 Å². The molecule has 1 heterocycles. The highest BCUT2D eigenvalue weighted by Gasteiger charge is 2.39. The highest BCUT2D eigenvalue weighted by Crippen LogP contribution is 2.35.